The van der Waals surface area contributed by atoms with Crippen LogP contribution in [0.5, 0.6) is 5.75 Å². The number of anilines is 1. The van der Waals surface area contributed by atoms with E-state index in [1.807, 2.05) is 42.9 Å². The van der Waals surface area contributed by atoms with E-state index in [4.69, 9.17) is 9.47 Å². The van der Waals surface area contributed by atoms with Gasteiger partial charge in [0.15, 0.2) is 0 Å². The van der Waals surface area contributed by atoms with Gasteiger partial charge in [-0.25, -0.2) is 17.9 Å². The standard InChI is InChI=1S/C35H37N3O6S/c1-4-5-6-11-24-12-7-10-15-33(24)45(41,42)37-34(39)26-17-16-25(32(21-26)43-3)20-27-23-38(2)31-19-18-28(22-30(27)31)36-35(40)44-29-13-8-9-14-29/h7,10,12,15-19,21-23,29H,4-5,8-9,13-14,20H2,1-3H3,(H,36,40)(H,37,39). The predicted molar refractivity (Wildman–Crippen MR) is 174 cm³/mol. The number of nitrogens with one attached hydrogen (secondary N) is 2. The van der Waals surface area contributed by atoms with Crippen molar-refractivity contribution in [3.05, 3.63) is 89.1 Å². The van der Waals surface area contributed by atoms with Crippen molar-refractivity contribution < 1.29 is 27.5 Å². The zero-order chi connectivity index (χ0) is 32.0. The van der Waals surface area contributed by atoms with Gasteiger partial charge < -0.3 is 14.0 Å². The first-order chi connectivity index (χ1) is 21.7. The average Bonchev–Trinajstić information content (AvgIpc) is 3.64. The molecule has 0 aliphatic heterocycles. The summed E-state index contributed by atoms with van der Waals surface area (Å²) < 4.78 is 41.7. The molecule has 9 nitrogen and oxygen atoms in total. The van der Waals surface area contributed by atoms with Gasteiger partial charge >= 0.3 is 6.09 Å². The lowest BCUT2D eigenvalue weighted by molar-refractivity contribution is 0.0980. The summed E-state index contributed by atoms with van der Waals surface area (Å²) in [5, 5.41) is 3.80. The number of aromatic nitrogens is 1. The van der Waals surface area contributed by atoms with Crippen molar-refractivity contribution in [3.8, 4) is 17.6 Å². The lowest BCUT2D eigenvalue weighted by atomic mass is 10.0. The topological polar surface area (TPSA) is 116 Å². The molecule has 0 atom stereocenters. The van der Waals surface area contributed by atoms with Gasteiger partial charge in [0.2, 0.25) is 0 Å². The van der Waals surface area contributed by atoms with Crippen LogP contribution in [0.1, 0.15) is 72.5 Å². The van der Waals surface area contributed by atoms with Gasteiger partial charge in [-0.1, -0.05) is 37.0 Å². The van der Waals surface area contributed by atoms with Gasteiger partial charge in [0.1, 0.15) is 16.7 Å². The summed E-state index contributed by atoms with van der Waals surface area (Å²) in [6, 6.07) is 16.9. The molecule has 1 heterocycles. The van der Waals surface area contributed by atoms with E-state index in [-0.39, 0.29) is 16.6 Å². The molecular weight excluding hydrogens is 590 g/mol. The van der Waals surface area contributed by atoms with E-state index in [0.29, 0.717) is 29.8 Å². The Morgan fingerprint density at radius 2 is 1.80 bits per heavy atom. The first kappa shape index (κ1) is 31.7. The molecule has 0 saturated heterocycles. The summed E-state index contributed by atoms with van der Waals surface area (Å²) in [6.45, 7) is 1.99. The van der Waals surface area contributed by atoms with Crippen molar-refractivity contribution in [1.82, 2.24) is 9.29 Å². The summed E-state index contributed by atoms with van der Waals surface area (Å²) in [4.78, 5) is 25.5. The molecule has 45 heavy (non-hydrogen) atoms. The van der Waals surface area contributed by atoms with Crippen LogP contribution in [-0.2, 0) is 28.2 Å². The van der Waals surface area contributed by atoms with E-state index in [2.05, 4.69) is 21.9 Å². The number of hydrogen-bond acceptors (Lipinski definition) is 6. The maximum Gasteiger partial charge on any atom is 0.411 e. The Balaban J connectivity index is 1.34. The molecule has 1 aliphatic carbocycles. The zero-order valence-corrected chi connectivity index (χ0v) is 26.5. The van der Waals surface area contributed by atoms with Crippen LogP contribution in [0.3, 0.4) is 0 Å². The minimum Gasteiger partial charge on any atom is -0.496 e. The van der Waals surface area contributed by atoms with Crippen LogP contribution in [0.2, 0.25) is 0 Å². The van der Waals surface area contributed by atoms with Gasteiger partial charge in [-0.05, 0) is 85.7 Å². The summed E-state index contributed by atoms with van der Waals surface area (Å²) >= 11 is 0. The van der Waals surface area contributed by atoms with Gasteiger partial charge in [-0.3, -0.25) is 10.1 Å². The molecule has 1 fully saturated rings. The number of nitrogens with zero attached hydrogens (tertiary/aromatic N) is 1. The molecule has 1 saturated carbocycles. The normalized spacial score (nSPS) is 13.2. The molecule has 2 N–H and O–H groups in total. The van der Waals surface area contributed by atoms with Crippen LogP contribution in [0.4, 0.5) is 10.5 Å². The van der Waals surface area contributed by atoms with Crippen LogP contribution in [0, 0.1) is 11.8 Å². The molecule has 1 aromatic heterocycles. The number of carbonyl (C=O) groups excluding carboxylic acids is 2. The van der Waals surface area contributed by atoms with Crippen LogP contribution in [-0.4, -0.2) is 38.2 Å². The van der Waals surface area contributed by atoms with E-state index in [9.17, 15) is 18.0 Å². The number of unbranched alkanes of at least 4 members (excludes halogenated alkanes) is 1. The van der Waals surface area contributed by atoms with Gasteiger partial charge in [-0.2, -0.15) is 0 Å². The highest BCUT2D eigenvalue weighted by molar-refractivity contribution is 7.90. The Hall–Kier alpha value is -4.75. The molecule has 234 valence electrons. The molecule has 10 heteroatoms. The van der Waals surface area contributed by atoms with Crippen molar-refractivity contribution in [2.75, 3.05) is 12.4 Å². The van der Waals surface area contributed by atoms with Crippen LogP contribution in [0.15, 0.2) is 71.8 Å². The van der Waals surface area contributed by atoms with Crippen molar-refractivity contribution in [1.29, 1.82) is 0 Å². The van der Waals surface area contributed by atoms with E-state index < -0.39 is 22.0 Å². The summed E-state index contributed by atoms with van der Waals surface area (Å²) in [5.41, 5.74) is 3.88. The summed E-state index contributed by atoms with van der Waals surface area (Å²) in [7, 11) is -0.726. The number of ether oxygens (including phenoxy) is 2. The quantitative estimate of drug-likeness (QED) is 0.204. The Morgan fingerprint density at radius 1 is 1.02 bits per heavy atom. The Bertz CT molecular complexity index is 1900. The van der Waals surface area contributed by atoms with Crippen LogP contribution < -0.4 is 14.8 Å². The third-order valence-corrected chi connectivity index (χ3v) is 9.22. The lowest BCUT2D eigenvalue weighted by Gasteiger charge is -2.13. The smallest absolute Gasteiger partial charge is 0.411 e. The molecular formula is C35H37N3O6S. The first-order valence-corrected chi connectivity index (χ1v) is 16.5. The number of fused-ring (bicyclic) bond motifs is 1. The maximum atomic E-state index is 13.2. The fourth-order valence-corrected chi connectivity index (χ4v) is 6.70. The third-order valence-electron chi connectivity index (χ3n) is 7.83. The number of sulfonamides is 1. The van der Waals surface area contributed by atoms with E-state index in [0.717, 1.165) is 54.1 Å². The molecule has 0 radical (unpaired) electrons. The highest BCUT2D eigenvalue weighted by Crippen LogP contribution is 2.30. The number of carbonyl (C=O) groups is 2. The van der Waals surface area contributed by atoms with Gasteiger partial charge in [0, 0.05) is 53.8 Å². The monoisotopic (exact) mass is 627 g/mol. The van der Waals surface area contributed by atoms with E-state index in [1.165, 1.54) is 19.2 Å². The van der Waals surface area contributed by atoms with Crippen molar-refractivity contribution in [3.63, 3.8) is 0 Å². The van der Waals surface area contributed by atoms with Gasteiger partial charge in [-0.15, -0.1) is 0 Å². The van der Waals surface area contributed by atoms with Crippen molar-refractivity contribution in [2.45, 2.75) is 62.9 Å². The van der Waals surface area contributed by atoms with E-state index >= 15 is 0 Å². The number of rotatable bonds is 9. The fraction of sp³-hybridized carbons (Fsp3) is 0.314. The molecule has 0 bridgehead atoms. The Kier molecular flexibility index (Phi) is 9.79. The third kappa shape index (κ3) is 7.49. The van der Waals surface area contributed by atoms with Crippen molar-refractivity contribution in [2.24, 2.45) is 7.05 Å². The largest absolute Gasteiger partial charge is 0.496 e. The molecule has 1 aliphatic rings. The number of aryl methyl sites for hydroxylation is 1. The SMILES string of the molecule is CCCC#Cc1ccccc1S(=O)(=O)NC(=O)c1ccc(Cc2cn(C)c3ccc(NC(=O)OC4CCCC4)cc23)c(OC)c1. The highest BCUT2D eigenvalue weighted by atomic mass is 32.2. The molecule has 0 spiro atoms. The zero-order valence-electron chi connectivity index (χ0n) is 25.7. The summed E-state index contributed by atoms with van der Waals surface area (Å²) in [5.74, 6) is 5.52. The number of amides is 2. The maximum absolute atomic E-state index is 13.2. The predicted octanol–water partition coefficient (Wildman–Crippen LogP) is 6.54. The highest BCUT2D eigenvalue weighted by Gasteiger charge is 2.23. The number of methoxy groups -OCH3 is 1. The number of benzene rings is 3. The minimum atomic E-state index is -4.18. The summed E-state index contributed by atoms with van der Waals surface area (Å²) in [6.07, 6.45) is 7.45. The van der Waals surface area contributed by atoms with E-state index in [1.54, 1.807) is 30.3 Å². The molecule has 2 amide bonds. The van der Waals surface area contributed by atoms with Gasteiger partial charge in [0.25, 0.3) is 15.9 Å². The molecule has 0 unspecified atom stereocenters. The first-order valence-electron chi connectivity index (χ1n) is 15.1. The Morgan fingerprint density at radius 3 is 2.56 bits per heavy atom. The Labute approximate surface area is 264 Å². The molecule has 5 rings (SSSR count). The minimum absolute atomic E-state index is 0.0284. The van der Waals surface area contributed by atoms with Crippen LogP contribution >= 0.6 is 0 Å². The second-order valence-corrected chi connectivity index (χ2v) is 12.8. The van der Waals surface area contributed by atoms with Crippen molar-refractivity contribution >= 4 is 38.6 Å². The fourth-order valence-electron chi connectivity index (χ4n) is 5.56. The van der Waals surface area contributed by atoms with Gasteiger partial charge in [0.05, 0.1) is 7.11 Å². The second-order valence-electron chi connectivity index (χ2n) is 11.1. The average molecular weight is 628 g/mol. The molecule has 3 aromatic carbocycles. The van der Waals surface area contributed by atoms with Crippen LogP contribution in [0.25, 0.3) is 10.9 Å². The number of hydrogen-bond donors (Lipinski definition) is 2. The lowest BCUT2D eigenvalue weighted by Crippen LogP contribution is -2.31. The second kappa shape index (κ2) is 13.9. The molecule has 4 aromatic rings.